The van der Waals surface area contributed by atoms with E-state index < -0.39 is 98.5 Å². The van der Waals surface area contributed by atoms with Crippen LogP contribution in [0.25, 0.3) is 0 Å². The molecule has 0 fully saturated rings. The predicted octanol–water partition coefficient (Wildman–Crippen LogP) is 7.96. The van der Waals surface area contributed by atoms with Gasteiger partial charge < -0.3 is 61.3 Å². The van der Waals surface area contributed by atoms with E-state index >= 15 is 0 Å². The fourth-order valence-corrected chi connectivity index (χ4v) is 10.4. The maximum Gasteiger partial charge on any atom is 0.373 e. The monoisotopic (exact) mass is 1140 g/mol. The molecule has 25 nitrogen and oxygen atoms in total. The van der Waals surface area contributed by atoms with E-state index in [2.05, 4.69) is 10.6 Å². The summed E-state index contributed by atoms with van der Waals surface area (Å²) < 4.78 is 24.3. The van der Waals surface area contributed by atoms with E-state index in [0.29, 0.717) is 25.8 Å². The van der Waals surface area contributed by atoms with Gasteiger partial charge in [0.25, 0.3) is 0 Å². The second kappa shape index (κ2) is 39.4. The van der Waals surface area contributed by atoms with Crippen LogP contribution in [-0.4, -0.2) is 148 Å². The van der Waals surface area contributed by atoms with Gasteiger partial charge in [-0.1, -0.05) is 94.9 Å². The minimum Gasteiger partial charge on any atom is -0.481 e. The van der Waals surface area contributed by atoms with Gasteiger partial charge in [0, 0.05) is 50.5 Å². The molecule has 2 amide bonds. The lowest BCUT2D eigenvalue weighted by Gasteiger charge is -2.23. The minimum atomic E-state index is -3.69. The van der Waals surface area contributed by atoms with E-state index in [4.69, 9.17) is 40.2 Å². The molecule has 0 saturated carbocycles. The molecule has 1 aromatic carbocycles. The molecule has 1 aromatic rings. The normalized spacial score (nSPS) is 13.9. The lowest BCUT2D eigenvalue weighted by molar-refractivity contribution is -0.192. The smallest absolute Gasteiger partial charge is 0.373 e. The SMILES string of the molecule is C.CC(C)(C)CCC(CCC(=O)O)C(=O)O.CC(C)(C)CCP(=O)(O)CC(C(=O)O)c1ccccc1C(=O)O.CC(C)(C)CCP(=O)(O)CC(CCC(=O)O)C(=O)O.CCCNC(=O)N[C@@H](CCC(=O)O)C(=O)O.O=C=O. The van der Waals surface area contributed by atoms with E-state index in [0.717, 1.165) is 12.8 Å². The molecule has 0 aliphatic carbocycles. The van der Waals surface area contributed by atoms with Gasteiger partial charge in [0.1, 0.15) is 6.04 Å². The number of aromatic carboxylic acids is 1. The number of benzene rings is 1. The second-order valence-corrected chi connectivity index (χ2v) is 26.3. The molecule has 0 spiro atoms. The highest BCUT2D eigenvalue weighted by Gasteiger charge is 2.34. The lowest BCUT2D eigenvalue weighted by Crippen LogP contribution is -2.46. The van der Waals surface area contributed by atoms with Gasteiger partial charge in [-0.25, -0.2) is 14.4 Å². The Labute approximate surface area is 450 Å². The Morgan fingerprint density at radius 3 is 1.30 bits per heavy atom. The van der Waals surface area contributed by atoms with Gasteiger partial charge >= 0.3 is 59.9 Å². The number of carbonyl (C=O) groups is 9. The number of nitrogens with one attached hydrogen (secondary N) is 2. The van der Waals surface area contributed by atoms with Crippen LogP contribution < -0.4 is 10.6 Å². The average molecular weight is 1150 g/mol. The fourth-order valence-electron chi connectivity index (χ4n) is 6.00. The van der Waals surface area contributed by atoms with Gasteiger partial charge in [-0.15, -0.1) is 0 Å². The van der Waals surface area contributed by atoms with Crippen molar-refractivity contribution in [3.05, 3.63) is 35.4 Å². The van der Waals surface area contributed by atoms with E-state index in [1.165, 1.54) is 24.3 Å². The summed E-state index contributed by atoms with van der Waals surface area (Å²) in [6.07, 6.45) is 1.87. The molecule has 444 valence electrons. The van der Waals surface area contributed by atoms with E-state index in [9.17, 15) is 72.3 Å². The molecular formula is C50H86N2O23P2. The first-order valence-electron chi connectivity index (χ1n) is 24.0. The summed E-state index contributed by atoms with van der Waals surface area (Å²) >= 11 is 0. The number of amides is 2. The van der Waals surface area contributed by atoms with Gasteiger partial charge in [-0.3, -0.25) is 37.9 Å². The lowest BCUT2D eigenvalue weighted by atomic mass is 9.85. The van der Waals surface area contributed by atoms with Gasteiger partial charge in [0.15, 0.2) is 0 Å². The van der Waals surface area contributed by atoms with Crippen LogP contribution >= 0.6 is 14.7 Å². The van der Waals surface area contributed by atoms with Crippen LogP contribution in [0.2, 0.25) is 0 Å². The Morgan fingerprint density at radius 2 is 0.948 bits per heavy atom. The molecule has 0 aliphatic rings. The first-order valence-corrected chi connectivity index (χ1v) is 28.1. The van der Waals surface area contributed by atoms with Crippen LogP contribution in [0, 0.1) is 28.1 Å². The minimum absolute atomic E-state index is 0. The van der Waals surface area contributed by atoms with Crippen molar-refractivity contribution in [2.24, 2.45) is 28.1 Å². The van der Waals surface area contributed by atoms with Crippen LogP contribution in [0.3, 0.4) is 0 Å². The number of urea groups is 1. The average Bonchev–Trinajstić information content (AvgIpc) is 3.26. The number of aliphatic carboxylic acids is 7. The fraction of sp³-hybridized carbons (Fsp3) is 0.680. The molecule has 0 saturated heterocycles. The van der Waals surface area contributed by atoms with Crippen molar-refractivity contribution in [2.45, 2.75) is 159 Å². The van der Waals surface area contributed by atoms with Crippen LogP contribution in [-0.2, 0) is 52.3 Å². The Morgan fingerprint density at radius 1 is 0.558 bits per heavy atom. The third-order valence-electron chi connectivity index (χ3n) is 10.4. The summed E-state index contributed by atoms with van der Waals surface area (Å²) in [6.45, 7) is 20.0. The van der Waals surface area contributed by atoms with Crippen LogP contribution in [0.15, 0.2) is 24.3 Å². The number of carboxylic acids is 8. The van der Waals surface area contributed by atoms with Gasteiger partial charge in [-0.05, 0) is 79.2 Å². The summed E-state index contributed by atoms with van der Waals surface area (Å²) in [5.74, 6) is -12.0. The zero-order valence-corrected chi connectivity index (χ0v) is 46.9. The third kappa shape index (κ3) is 48.1. The van der Waals surface area contributed by atoms with E-state index in [1.807, 2.05) is 69.2 Å². The molecule has 0 radical (unpaired) electrons. The van der Waals surface area contributed by atoms with Crippen molar-refractivity contribution in [3.63, 3.8) is 0 Å². The van der Waals surface area contributed by atoms with Gasteiger partial charge in [0.05, 0.1) is 23.3 Å². The molecule has 12 N–H and O–H groups in total. The summed E-state index contributed by atoms with van der Waals surface area (Å²) in [5.41, 5.74) is -0.251. The number of hydrogen-bond acceptors (Lipinski definition) is 13. The highest BCUT2D eigenvalue weighted by Crippen LogP contribution is 2.48. The molecule has 77 heavy (non-hydrogen) atoms. The standard InChI is InChI=1S/C16H23O6P.C12H23O6P.C11H20O4.C9H16N2O5.CO2.CH4/c1-16(2,3)8-9-23(21,22)10-13(15(19)20)11-6-4-5-7-12(11)14(17)18;1-12(2,3)6-7-19(17,18)8-9(11(15)16)4-5-10(13)14;1-11(2,3)7-6-8(10(14)15)4-5-9(12)13;1-2-5-10-9(16)11-6(8(14)15)3-4-7(12)13;2-1-3;/h4-7,13H,8-10H2,1-3H3,(H,17,18)(H,19,20)(H,21,22);9H,4-8H2,1-3H3,(H,13,14)(H,15,16)(H,17,18);8H,4-7H2,1-3H3,(H,12,13)(H,14,15);6H,2-5H2,1H3,(H,12,13)(H,14,15)(H2,10,11,16);;1H4/t;;;6-;;/m...0../s1. The molecule has 0 bridgehead atoms. The summed E-state index contributed by atoms with van der Waals surface area (Å²) in [5, 5.41) is 75.2. The second-order valence-electron chi connectivity index (χ2n) is 21.3. The Balaban J connectivity index is -0.000000296. The topological polar surface area (TPSA) is 448 Å². The molecule has 0 aliphatic heterocycles. The summed E-state index contributed by atoms with van der Waals surface area (Å²) in [4.78, 5) is 134. The third-order valence-corrected chi connectivity index (χ3v) is 14.2. The summed E-state index contributed by atoms with van der Waals surface area (Å²) in [7, 11) is -7.22. The molecule has 0 aromatic heterocycles. The highest BCUT2D eigenvalue weighted by molar-refractivity contribution is 7.58. The molecular weight excluding hydrogens is 1060 g/mol. The van der Waals surface area contributed by atoms with Crippen molar-refractivity contribution in [1.29, 1.82) is 0 Å². The van der Waals surface area contributed by atoms with Gasteiger partial charge in [-0.2, -0.15) is 9.59 Å². The maximum absolute atomic E-state index is 12.4. The predicted molar refractivity (Wildman–Crippen MR) is 283 cm³/mol. The zero-order valence-electron chi connectivity index (χ0n) is 45.1. The van der Waals surface area contributed by atoms with Crippen molar-refractivity contribution < 1.29 is 113 Å². The quantitative estimate of drug-likeness (QED) is 0.0354. The zero-order chi connectivity index (χ0) is 60.4. The first kappa shape index (κ1) is 79.9. The number of carbonyl (C=O) groups excluding carboxylic acids is 3. The van der Waals surface area contributed by atoms with Crippen LogP contribution in [0.1, 0.15) is 169 Å². The van der Waals surface area contributed by atoms with Crippen molar-refractivity contribution >= 4 is 74.7 Å². The molecule has 5 unspecified atom stereocenters. The van der Waals surface area contributed by atoms with Crippen molar-refractivity contribution in [2.75, 3.05) is 31.2 Å². The van der Waals surface area contributed by atoms with E-state index in [-0.39, 0.29) is 98.0 Å². The summed E-state index contributed by atoms with van der Waals surface area (Å²) in [6, 6.07) is 3.92. The van der Waals surface area contributed by atoms with Crippen LogP contribution in [0.4, 0.5) is 4.79 Å². The first-order chi connectivity index (χ1) is 34.5. The number of rotatable bonds is 28. The highest BCUT2D eigenvalue weighted by atomic mass is 31.2. The maximum atomic E-state index is 12.4. The molecule has 0 heterocycles. The molecule has 6 atom stereocenters. The van der Waals surface area contributed by atoms with Crippen molar-refractivity contribution in [3.8, 4) is 0 Å². The van der Waals surface area contributed by atoms with E-state index in [1.54, 1.807) is 0 Å². The largest absolute Gasteiger partial charge is 0.481 e. The van der Waals surface area contributed by atoms with Gasteiger partial charge in [0.2, 0.25) is 14.7 Å². The molecule has 27 heteroatoms. The number of hydrogen-bond donors (Lipinski definition) is 12. The molecule has 1 rings (SSSR count). The Bertz CT molecular complexity index is 2150. The number of carboxylic acid groups (broad SMARTS) is 8. The van der Waals surface area contributed by atoms with Crippen molar-refractivity contribution in [1.82, 2.24) is 10.6 Å². The Hall–Kier alpha value is -5.99. The Kier molecular flexibility index (Phi) is 40.9. The van der Waals surface area contributed by atoms with Crippen LogP contribution in [0.5, 0.6) is 0 Å².